The lowest BCUT2D eigenvalue weighted by Crippen LogP contribution is -1.75. The van der Waals surface area contributed by atoms with Gasteiger partial charge in [0.15, 0.2) is 5.75 Å². The summed E-state index contributed by atoms with van der Waals surface area (Å²) in [6.45, 7) is 0. The number of hydrogen-bond donors (Lipinski definition) is 2. The van der Waals surface area contributed by atoms with Gasteiger partial charge < -0.3 is 10.8 Å². The van der Waals surface area contributed by atoms with Crippen molar-refractivity contribution in [1.82, 2.24) is 0 Å². The van der Waals surface area contributed by atoms with E-state index in [0.717, 1.165) is 15.5 Å². The number of thiophene rings is 2. The maximum absolute atomic E-state index is 9.68. The summed E-state index contributed by atoms with van der Waals surface area (Å²) in [4.78, 5) is 0. The lowest BCUT2D eigenvalue weighted by atomic mass is 10.2. The molecule has 0 spiro atoms. The van der Waals surface area contributed by atoms with Crippen molar-refractivity contribution >= 4 is 47.8 Å². The van der Waals surface area contributed by atoms with Gasteiger partial charge >= 0.3 is 0 Å². The van der Waals surface area contributed by atoms with Crippen LogP contribution in [-0.2, 0) is 0 Å². The van der Waals surface area contributed by atoms with E-state index in [-0.39, 0.29) is 5.75 Å². The molecular formula is C10H7NOS2. The second kappa shape index (κ2) is 2.62. The van der Waals surface area contributed by atoms with Crippen LogP contribution in [0.4, 0.5) is 5.00 Å². The largest absolute Gasteiger partial charge is 0.504 e. The van der Waals surface area contributed by atoms with E-state index in [9.17, 15) is 5.11 Å². The fourth-order valence-corrected chi connectivity index (χ4v) is 3.33. The molecule has 0 aliphatic carbocycles. The predicted molar refractivity (Wildman–Crippen MR) is 63.3 cm³/mol. The van der Waals surface area contributed by atoms with E-state index < -0.39 is 0 Å². The molecule has 3 aromatic rings. The zero-order chi connectivity index (χ0) is 9.71. The van der Waals surface area contributed by atoms with Crippen molar-refractivity contribution in [1.29, 1.82) is 0 Å². The number of aromatic hydroxyl groups is 1. The molecule has 0 saturated heterocycles. The van der Waals surface area contributed by atoms with Crippen LogP contribution in [0.3, 0.4) is 0 Å². The molecule has 3 N–H and O–H groups in total. The van der Waals surface area contributed by atoms with Crippen LogP contribution in [0.2, 0.25) is 0 Å². The predicted octanol–water partition coefficient (Wildman–Crippen LogP) is 3.40. The number of rotatable bonds is 0. The number of nitrogen functional groups attached to an aromatic ring is 1. The second-order valence-corrected chi connectivity index (χ2v) is 5.15. The summed E-state index contributed by atoms with van der Waals surface area (Å²) in [5.41, 5.74) is 5.66. The lowest BCUT2D eigenvalue weighted by molar-refractivity contribution is 0.486. The minimum absolute atomic E-state index is 0.220. The fourth-order valence-electron chi connectivity index (χ4n) is 1.56. The molecule has 3 rings (SSSR count). The van der Waals surface area contributed by atoms with Gasteiger partial charge in [0.1, 0.15) is 5.00 Å². The van der Waals surface area contributed by atoms with Crippen LogP contribution in [0.5, 0.6) is 5.75 Å². The Kier molecular flexibility index (Phi) is 1.51. The Balaban J connectivity index is 2.56. The maximum Gasteiger partial charge on any atom is 0.157 e. The standard InChI is InChI=1S/C10H7NOS2/c11-10-9(12)6-3-5-1-2-13-7(5)4-8(6)14-10/h1-4,12H,11H2. The summed E-state index contributed by atoms with van der Waals surface area (Å²) in [7, 11) is 0. The van der Waals surface area contributed by atoms with Crippen LogP contribution in [-0.4, -0.2) is 5.11 Å². The van der Waals surface area contributed by atoms with Crippen LogP contribution >= 0.6 is 22.7 Å². The third kappa shape index (κ3) is 0.951. The lowest BCUT2D eigenvalue weighted by Gasteiger charge is -1.91. The summed E-state index contributed by atoms with van der Waals surface area (Å²) in [5, 5.41) is 14.3. The Labute approximate surface area is 88.2 Å². The molecule has 0 amide bonds. The summed E-state index contributed by atoms with van der Waals surface area (Å²) in [6.07, 6.45) is 0. The van der Waals surface area contributed by atoms with E-state index in [1.807, 2.05) is 12.1 Å². The van der Waals surface area contributed by atoms with Gasteiger partial charge in [0.25, 0.3) is 0 Å². The number of nitrogens with two attached hydrogens (primary N) is 1. The van der Waals surface area contributed by atoms with Crippen molar-refractivity contribution in [3.8, 4) is 5.75 Å². The topological polar surface area (TPSA) is 46.2 Å². The Morgan fingerprint density at radius 1 is 1.21 bits per heavy atom. The quantitative estimate of drug-likeness (QED) is 0.611. The molecule has 2 heterocycles. The Morgan fingerprint density at radius 2 is 2.07 bits per heavy atom. The zero-order valence-electron chi connectivity index (χ0n) is 7.15. The Hall–Kier alpha value is -1.26. The van der Waals surface area contributed by atoms with Gasteiger partial charge in [-0.1, -0.05) is 0 Å². The molecule has 0 atom stereocenters. The molecular weight excluding hydrogens is 214 g/mol. The van der Waals surface area contributed by atoms with Gasteiger partial charge in [-0.05, 0) is 29.0 Å². The monoisotopic (exact) mass is 221 g/mol. The first-order chi connectivity index (χ1) is 6.75. The normalized spacial score (nSPS) is 11.4. The average Bonchev–Trinajstić information content (AvgIpc) is 2.70. The Bertz CT molecular complexity index is 623. The first kappa shape index (κ1) is 8.08. The van der Waals surface area contributed by atoms with Crippen molar-refractivity contribution in [3.63, 3.8) is 0 Å². The zero-order valence-corrected chi connectivity index (χ0v) is 8.78. The average molecular weight is 221 g/mol. The second-order valence-electron chi connectivity index (χ2n) is 3.12. The smallest absolute Gasteiger partial charge is 0.157 e. The van der Waals surface area contributed by atoms with Crippen molar-refractivity contribution in [2.75, 3.05) is 5.73 Å². The molecule has 70 valence electrons. The van der Waals surface area contributed by atoms with Gasteiger partial charge in [-0.25, -0.2) is 0 Å². The number of anilines is 1. The van der Waals surface area contributed by atoms with Crippen LogP contribution in [0.15, 0.2) is 23.6 Å². The highest BCUT2D eigenvalue weighted by molar-refractivity contribution is 7.23. The van der Waals surface area contributed by atoms with E-state index >= 15 is 0 Å². The van der Waals surface area contributed by atoms with E-state index in [2.05, 4.69) is 11.4 Å². The fraction of sp³-hybridized carbons (Fsp3) is 0. The molecule has 1 aromatic carbocycles. The molecule has 0 unspecified atom stereocenters. The molecule has 14 heavy (non-hydrogen) atoms. The number of hydrogen-bond acceptors (Lipinski definition) is 4. The molecule has 2 nitrogen and oxygen atoms in total. The molecule has 0 aliphatic rings. The van der Waals surface area contributed by atoms with E-state index in [4.69, 9.17) is 5.73 Å². The summed E-state index contributed by atoms with van der Waals surface area (Å²) in [5.74, 6) is 0.220. The maximum atomic E-state index is 9.68. The van der Waals surface area contributed by atoms with Gasteiger partial charge in [0.2, 0.25) is 0 Å². The van der Waals surface area contributed by atoms with E-state index in [1.165, 1.54) is 16.0 Å². The molecule has 0 bridgehead atoms. The third-order valence-electron chi connectivity index (χ3n) is 2.26. The summed E-state index contributed by atoms with van der Waals surface area (Å²) in [6, 6.07) is 6.12. The molecule has 0 radical (unpaired) electrons. The van der Waals surface area contributed by atoms with Gasteiger partial charge in [0.05, 0.1) is 0 Å². The van der Waals surface area contributed by atoms with Gasteiger partial charge in [-0.3, -0.25) is 0 Å². The molecule has 0 saturated carbocycles. The minimum atomic E-state index is 0.220. The van der Waals surface area contributed by atoms with Crippen LogP contribution in [0.25, 0.3) is 20.2 Å². The number of fused-ring (bicyclic) bond motifs is 2. The van der Waals surface area contributed by atoms with Crippen molar-refractivity contribution < 1.29 is 5.11 Å². The highest BCUT2D eigenvalue weighted by Gasteiger charge is 2.09. The van der Waals surface area contributed by atoms with E-state index in [1.54, 1.807) is 11.3 Å². The SMILES string of the molecule is Nc1sc2cc3sccc3cc2c1O. The van der Waals surface area contributed by atoms with Crippen LogP contribution < -0.4 is 5.73 Å². The molecule has 0 fully saturated rings. The highest BCUT2D eigenvalue weighted by atomic mass is 32.1. The first-order valence-corrected chi connectivity index (χ1v) is 5.83. The summed E-state index contributed by atoms with van der Waals surface area (Å²) < 4.78 is 2.29. The van der Waals surface area contributed by atoms with Crippen molar-refractivity contribution in [2.45, 2.75) is 0 Å². The van der Waals surface area contributed by atoms with Gasteiger partial charge in [-0.15, -0.1) is 22.7 Å². The number of benzene rings is 1. The van der Waals surface area contributed by atoms with Crippen LogP contribution in [0.1, 0.15) is 0 Å². The Morgan fingerprint density at radius 3 is 2.93 bits per heavy atom. The van der Waals surface area contributed by atoms with E-state index in [0.29, 0.717) is 5.00 Å². The van der Waals surface area contributed by atoms with Gasteiger partial charge in [-0.2, -0.15) is 0 Å². The van der Waals surface area contributed by atoms with Crippen molar-refractivity contribution in [2.24, 2.45) is 0 Å². The molecule has 2 aromatic heterocycles. The molecule has 0 aliphatic heterocycles. The first-order valence-electron chi connectivity index (χ1n) is 4.14. The van der Waals surface area contributed by atoms with Crippen LogP contribution in [0, 0.1) is 0 Å². The minimum Gasteiger partial charge on any atom is -0.504 e. The van der Waals surface area contributed by atoms with Crippen molar-refractivity contribution in [3.05, 3.63) is 23.6 Å². The third-order valence-corrected chi connectivity index (χ3v) is 4.11. The highest BCUT2D eigenvalue weighted by Crippen LogP contribution is 2.41. The van der Waals surface area contributed by atoms with Gasteiger partial charge in [0, 0.05) is 14.8 Å². The molecule has 4 heteroatoms. The summed E-state index contributed by atoms with van der Waals surface area (Å²) >= 11 is 3.13.